The Hall–Kier alpha value is -1.15. The summed E-state index contributed by atoms with van der Waals surface area (Å²) in [4.78, 5) is 11.4. The molecule has 0 aliphatic heterocycles. The Bertz CT molecular complexity index is 311. The Morgan fingerprint density at radius 3 is 2.29 bits per heavy atom. The van der Waals surface area contributed by atoms with Gasteiger partial charge in [0, 0.05) is 12.8 Å². The standard InChI is InChI=1S/C12H17NO/c1-9-5-10(2)7-11(6-9)8-12(14)3-4-13/h5-7H,3-4,8,13H2,1-2H3. The Balaban J connectivity index is 2.71. The predicted octanol–water partition coefficient (Wildman–Crippen LogP) is 1.76. The molecule has 0 atom stereocenters. The zero-order valence-corrected chi connectivity index (χ0v) is 8.84. The fourth-order valence-corrected chi connectivity index (χ4v) is 1.65. The molecule has 0 saturated heterocycles. The van der Waals surface area contributed by atoms with Gasteiger partial charge in [0.05, 0.1) is 0 Å². The first-order chi connectivity index (χ1) is 6.61. The van der Waals surface area contributed by atoms with Gasteiger partial charge in [-0.25, -0.2) is 0 Å². The number of carbonyl (C=O) groups is 1. The van der Waals surface area contributed by atoms with Gasteiger partial charge < -0.3 is 5.73 Å². The summed E-state index contributed by atoms with van der Waals surface area (Å²) in [5.74, 6) is 0.220. The normalized spacial score (nSPS) is 10.2. The van der Waals surface area contributed by atoms with Crippen LogP contribution in [0.2, 0.25) is 0 Å². The van der Waals surface area contributed by atoms with Gasteiger partial charge in [0.1, 0.15) is 5.78 Å². The van der Waals surface area contributed by atoms with Crippen molar-refractivity contribution in [2.45, 2.75) is 26.7 Å². The number of benzene rings is 1. The molecule has 0 saturated carbocycles. The van der Waals surface area contributed by atoms with Gasteiger partial charge in [-0.1, -0.05) is 29.3 Å². The molecule has 0 amide bonds. The van der Waals surface area contributed by atoms with Crippen LogP contribution in [-0.4, -0.2) is 12.3 Å². The van der Waals surface area contributed by atoms with E-state index in [4.69, 9.17) is 5.73 Å². The van der Waals surface area contributed by atoms with Crippen LogP contribution < -0.4 is 5.73 Å². The van der Waals surface area contributed by atoms with Gasteiger partial charge in [0.15, 0.2) is 0 Å². The minimum atomic E-state index is 0.220. The van der Waals surface area contributed by atoms with E-state index in [0.29, 0.717) is 19.4 Å². The summed E-state index contributed by atoms with van der Waals surface area (Å²) in [5.41, 5.74) is 8.84. The highest BCUT2D eigenvalue weighted by Crippen LogP contribution is 2.10. The molecule has 76 valence electrons. The zero-order chi connectivity index (χ0) is 10.6. The van der Waals surface area contributed by atoms with E-state index in [9.17, 15) is 4.79 Å². The average Bonchev–Trinajstić information content (AvgIpc) is 2.01. The second-order valence-electron chi connectivity index (χ2n) is 3.75. The molecule has 14 heavy (non-hydrogen) atoms. The van der Waals surface area contributed by atoms with Gasteiger partial charge in [-0.05, 0) is 26.0 Å². The first-order valence-electron chi connectivity index (χ1n) is 4.91. The van der Waals surface area contributed by atoms with Gasteiger partial charge in [-0.3, -0.25) is 4.79 Å². The maximum absolute atomic E-state index is 11.4. The van der Waals surface area contributed by atoms with Crippen LogP contribution in [0.25, 0.3) is 0 Å². The molecule has 0 heterocycles. The highest BCUT2D eigenvalue weighted by Gasteiger charge is 2.03. The minimum Gasteiger partial charge on any atom is -0.330 e. The topological polar surface area (TPSA) is 43.1 Å². The summed E-state index contributed by atoms with van der Waals surface area (Å²) in [6.07, 6.45) is 0.993. The Kier molecular flexibility index (Phi) is 3.84. The minimum absolute atomic E-state index is 0.220. The molecule has 2 heteroatoms. The molecule has 0 aliphatic carbocycles. The number of rotatable bonds is 4. The fourth-order valence-electron chi connectivity index (χ4n) is 1.65. The van der Waals surface area contributed by atoms with Crippen LogP contribution in [0.15, 0.2) is 18.2 Å². The largest absolute Gasteiger partial charge is 0.330 e. The van der Waals surface area contributed by atoms with Crippen molar-refractivity contribution in [1.82, 2.24) is 0 Å². The fraction of sp³-hybridized carbons (Fsp3) is 0.417. The summed E-state index contributed by atoms with van der Waals surface area (Å²) in [7, 11) is 0. The van der Waals surface area contributed by atoms with Crippen molar-refractivity contribution < 1.29 is 4.79 Å². The number of hydrogen-bond acceptors (Lipinski definition) is 2. The van der Waals surface area contributed by atoms with Gasteiger partial charge in [0.2, 0.25) is 0 Å². The lowest BCUT2D eigenvalue weighted by molar-refractivity contribution is -0.118. The predicted molar refractivity (Wildman–Crippen MR) is 58.3 cm³/mol. The third-order valence-electron chi connectivity index (χ3n) is 2.11. The van der Waals surface area contributed by atoms with E-state index < -0.39 is 0 Å². The summed E-state index contributed by atoms with van der Waals surface area (Å²) in [6, 6.07) is 6.22. The van der Waals surface area contributed by atoms with Crippen LogP contribution in [0.5, 0.6) is 0 Å². The summed E-state index contributed by atoms with van der Waals surface area (Å²) >= 11 is 0. The van der Waals surface area contributed by atoms with Gasteiger partial charge in [0.25, 0.3) is 0 Å². The van der Waals surface area contributed by atoms with E-state index in [-0.39, 0.29) is 5.78 Å². The molecule has 0 spiro atoms. The van der Waals surface area contributed by atoms with E-state index in [2.05, 4.69) is 18.2 Å². The van der Waals surface area contributed by atoms with Crippen molar-refractivity contribution in [3.05, 3.63) is 34.9 Å². The molecule has 1 aromatic carbocycles. The van der Waals surface area contributed by atoms with Crippen LogP contribution in [-0.2, 0) is 11.2 Å². The zero-order valence-electron chi connectivity index (χ0n) is 8.84. The average molecular weight is 191 g/mol. The highest BCUT2D eigenvalue weighted by atomic mass is 16.1. The van der Waals surface area contributed by atoms with Crippen LogP contribution in [0.4, 0.5) is 0 Å². The molecule has 0 radical (unpaired) electrons. The Labute approximate surface area is 85.1 Å². The molecule has 0 bridgehead atoms. The van der Waals surface area contributed by atoms with Crippen molar-refractivity contribution >= 4 is 5.78 Å². The highest BCUT2D eigenvalue weighted by molar-refractivity contribution is 5.81. The van der Waals surface area contributed by atoms with E-state index in [1.54, 1.807) is 0 Å². The van der Waals surface area contributed by atoms with E-state index in [0.717, 1.165) is 5.56 Å². The number of hydrogen-bond donors (Lipinski definition) is 1. The molecule has 0 aliphatic rings. The maximum atomic E-state index is 11.4. The monoisotopic (exact) mass is 191 g/mol. The molecule has 0 aromatic heterocycles. The third-order valence-corrected chi connectivity index (χ3v) is 2.11. The maximum Gasteiger partial charge on any atom is 0.138 e. The molecule has 1 rings (SSSR count). The Morgan fingerprint density at radius 2 is 1.79 bits per heavy atom. The SMILES string of the molecule is Cc1cc(C)cc(CC(=O)CCN)c1. The van der Waals surface area contributed by atoms with Crippen LogP contribution in [0, 0.1) is 13.8 Å². The smallest absolute Gasteiger partial charge is 0.138 e. The molecule has 0 unspecified atom stereocenters. The third kappa shape index (κ3) is 3.30. The molecule has 1 aromatic rings. The summed E-state index contributed by atoms with van der Waals surface area (Å²) < 4.78 is 0. The summed E-state index contributed by atoms with van der Waals surface area (Å²) in [6.45, 7) is 4.54. The first kappa shape index (κ1) is 10.9. The van der Waals surface area contributed by atoms with Crippen molar-refractivity contribution in [2.75, 3.05) is 6.54 Å². The van der Waals surface area contributed by atoms with E-state index >= 15 is 0 Å². The lowest BCUT2D eigenvalue weighted by Gasteiger charge is -2.03. The molecule has 2 N–H and O–H groups in total. The van der Waals surface area contributed by atoms with Gasteiger partial charge in [-0.2, -0.15) is 0 Å². The van der Waals surface area contributed by atoms with Gasteiger partial charge >= 0.3 is 0 Å². The first-order valence-corrected chi connectivity index (χ1v) is 4.91. The van der Waals surface area contributed by atoms with Crippen molar-refractivity contribution in [3.8, 4) is 0 Å². The lowest BCUT2D eigenvalue weighted by atomic mass is 10.0. The van der Waals surface area contributed by atoms with Crippen molar-refractivity contribution in [2.24, 2.45) is 5.73 Å². The molecular formula is C12H17NO. The van der Waals surface area contributed by atoms with Crippen LogP contribution in [0.1, 0.15) is 23.1 Å². The number of aryl methyl sites for hydroxylation is 2. The number of nitrogens with two attached hydrogens (primary N) is 1. The second-order valence-corrected chi connectivity index (χ2v) is 3.75. The van der Waals surface area contributed by atoms with E-state index in [1.807, 2.05) is 13.8 Å². The molecular weight excluding hydrogens is 174 g/mol. The van der Waals surface area contributed by atoms with Crippen LogP contribution >= 0.6 is 0 Å². The van der Waals surface area contributed by atoms with Crippen molar-refractivity contribution in [3.63, 3.8) is 0 Å². The number of ketones is 1. The molecule has 0 fully saturated rings. The lowest BCUT2D eigenvalue weighted by Crippen LogP contribution is -2.10. The van der Waals surface area contributed by atoms with Gasteiger partial charge in [-0.15, -0.1) is 0 Å². The second kappa shape index (κ2) is 4.91. The molecule has 2 nitrogen and oxygen atoms in total. The number of Topliss-reactive ketones (excluding diaryl/α,β-unsaturated/α-hetero) is 1. The van der Waals surface area contributed by atoms with Crippen LogP contribution in [0.3, 0.4) is 0 Å². The van der Waals surface area contributed by atoms with Crippen molar-refractivity contribution in [1.29, 1.82) is 0 Å². The van der Waals surface area contributed by atoms with E-state index in [1.165, 1.54) is 11.1 Å². The number of carbonyl (C=O) groups excluding carboxylic acids is 1. The summed E-state index contributed by atoms with van der Waals surface area (Å²) in [5, 5.41) is 0. The quantitative estimate of drug-likeness (QED) is 0.788. The Morgan fingerprint density at radius 1 is 1.21 bits per heavy atom.